The minimum absolute atomic E-state index is 0.445. The normalized spacial score (nSPS) is 12.3. The van der Waals surface area contributed by atoms with Crippen molar-refractivity contribution in [1.29, 1.82) is 0 Å². The number of nitrogens with zero attached hydrogens (tertiary/aromatic N) is 1. The summed E-state index contributed by atoms with van der Waals surface area (Å²) >= 11 is 0. The van der Waals surface area contributed by atoms with Gasteiger partial charge >= 0.3 is 6.18 Å². The van der Waals surface area contributed by atoms with Crippen molar-refractivity contribution in [2.45, 2.75) is 6.18 Å². The Labute approximate surface area is 85.8 Å². The zero-order valence-electron chi connectivity index (χ0n) is 8.17. The van der Waals surface area contributed by atoms with Crippen LogP contribution in [0.1, 0.15) is 11.1 Å². The van der Waals surface area contributed by atoms with Crippen molar-refractivity contribution in [3.8, 4) is 0 Å². The molecule has 0 saturated heterocycles. The zero-order valence-corrected chi connectivity index (χ0v) is 8.17. The third kappa shape index (κ3) is 3.71. The third-order valence-electron chi connectivity index (χ3n) is 1.72. The van der Waals surface area contributed by atoms with Crippen molar-refractivity contribution in [2.75, 3.05) is 13.6 Å². The van der Waals surface area contributed by atoms with E-state index >= 15 is 0 Å². The smallest absolute Gasteiger partial charge is 0.316 e. The number of rotatable bonds is 3. The van der Waals surface area contributed by atoms with Crippen LogP contribution >= 0.6 is 0 Å². The Balaban J connectivity index is 2.84. The molecule has 1 aromatic rings. The highest BCUT2D eigenvalue weighted by Crippen LogP contribution is 2.28. The summed E-state index contributed by atoms with van der Waals surface area (Å²) in [6.45, 7) is 0.607. The first-order chi connectivity index (χ1) is 7.04. The van der Waals surface area contributed by atoms with E-state index in [0.29, 0.717) is 12.1 Å². The summed E-state index contributed by atoms with van der Waals surface area (Å²) in [5, 5.41) is 2.85. The van der Waals surface area contributed by atoms with Gasteiger partial charge in [0.25, 0.3) is 0 Å². The molecular weight excluding hydrogens is 205 g/mol. The van der Waals surface area contributed by atoms with Gasteiger partial charge in [-0.1, -0.05) is 12.2 Å². The van der Waals surface area contributed by atoms with Gasteiger partial charge in [0.15, 0.2) is 0 Å². The molecule has 15 heavy (non-hydrogen) atoms. The molecule has 0 aliphatic rings. The Hall–Kier alpha value is -1.36. The van der Waals surface area contributed by atoms with Crippen molar-refractivity contribution >= 4 is 6.08 Å². The number of aromatic nitrogens is 1. The maximum Gasteiger partial charge on any atom is 0.417 e. The van der Waals surface area contributed by atoms with E-state index in [1.54, 1.807) is 19.2 Å². The molecule has 1 heterocycles. The monoisotopic (exact) mass is 216 g/mol. The number of alkyl halides is 3. The average molecular weight is 216 g/mol. The largest absolute Gasteiger partial charge is 0.417 e. The van der Waals surface area contributed by atoms with E-state index in [0.717, 1.165) is 12.3 Å². The minimum atomic E-state index is -4.33. The van der Waals surface area contributed by atoms with E-state index in [9.17, 15) is 13.2 Å². The van der Waals surface area contributed by atoms with Crippen LogP contribution in [0.3, 0.4) is 0 Å². The Kier molecular flexibility index (Phi) is 3.85. The molecule has 1 aromatic heterocycles. The molecule has 0 radical (unpaired) electrons. The molecule has 0 unspecified atom stereocenters. The second-order valence-corrected chi connectivity index (χ2v) is 2.96. The van der Waals surface area contributed by atoms with E-state index in [4.69, 9.17) is 0 Å². The van der Waals surface area contributed by atoms with Crippen molar-refractivity contribution < 1.29 is 13.2 Å². The van der Waals surface area contributed by atoms with Gasteiger partial charge in [-0.05, 0) is 18.7 Å². The summed E-state index contributed by atoms with van der Waals surface area (Å²) in [5.41, 5.74) is -0.283. The molecule has 0 aliphatic heterocycles. The SMILES string of the molecule is CNCC=Cc1cncc(C(F)(F)F)c1. The summed E-state index contributed by atoms with van der Waals surface area (Å²) in [4.78, 5) is 3.54. The van der Waals surface area contributed by atoms with Crippen LogP contribution in [0.5, 0.6) is 0 Å². The fourth-order valence-corrected chi connectivity index (χ4v) is 1.02. The Morgan fingerprint density at radius 1 is 1.40 bits per heavy atom. The van der Waals surface area contributed by atoms with Crippen LogP contribution < -0.4 is 5.32 Å². The topological polar surface area (TPSA) is 24.9 Å². The van der Waals surface area contributed by atoms with Crippen molar-refractivity contribution in [2.24, 2.45) is 0 Å². The molecule has 0 atom stereocenters. The molecule has 0 aromatic carbocycles. The number of nitrogens with one attached hydrogen (secondary N) is 1. The second kappa shape index (κ2) is 4.93. The standard InChI is InChI=1S/C10H11F3N2/c1-14-4-2-3-8-5-9(7-15-6-8)10(11,12)13/h2-3,5-7,14H,4H2,1H3. The van der Waals surface area contributed by atoms with Gasteiger partial charge in [-0.2, -0.15) is 13.2 Å². The molecule has 0 bridgehead atoms. The van der Waals surface area contributed by atoms with E-state index in [-0.39, 0.29) is 0 Å². The summed E-state index contributed by atoms with van der Waals surface area (Å²) in [6.07, 6.45) is 1.20. The maximum absolute atomic E-state index is 12.3. The van der Waals surface area contributed by atoms with Gasteiger partial charge in [0.2, 0.25) is 0 Å². The molecular formula is C10H11F3N2. The third-order valence-corrected chi connectivity index (χ3v) is 1.72. The fourth-order valence-electron chi connectivity index (χ4n) is 1.02. The van der Waals surface area contributed by atoms with Gasteiger partial charge in [0.05, 0.1) is 5.56 Å². The second-order valence-electron chi connectivity index (χ2n) is 2.96. The number of halogens is 3. The molecule has 2 nitrogen and oxygen atoms in total. The predicted octanol–water partition coefficient (Wildman–Crippen LogP) is 2.33. The molecule has 0 aliphatic carbocycles. The Morgan fingerprint density at radius 3 is 2.73 bits per heavy atom. The van der Waals surface area contributed by atoms with Crippen LogP contribution in [0.2, 0.25) is 0 Å². The van der Waals surface area contributed by atoms with Crippen LogP contribution in [0.15, 0.2) is 24.5 Å². The number of hydrogen-bond acceptors (Lipinski definition) is 2. The average Bonchev–Trinajstić information content (AvgIpc) is 2.17. The summed E-state index contributed by atoms with van der Waals surface area (Å²) in [6, 6.07) is 1.07. The van der Waals surface area contributed by atoms with Gasteiger partial charge in [-0.25, -0.2) is 0 Å². The highest BCUT2D eigenvalue weighted by Gasteiger charge is 2.30. The quantitative estimate of drug-likeness (QED) is 0.838. The number of hydrogen-bond donors (Lipinski definition) is 1. The van der Waals surface area contributed by atoms with Crippen molar-refractivity contribution in [3.05, 3.63) is 35.7 Å². The molecule has 1 N–H and O–H groups in total. The van der Waals surface area contributed by atoms with E-state index in [1.165, 1.54) is 6.20 Å². The lowest BCUT2D eigenvalue weighted by Gasteiger charge is -2.05. The minimum Gasteiger partial charge on any atom is -0.316 e. The first-order valence-corrected chi connectivity index (χ1v) is 4.37. The van der Waals surface area contributed by atoms with Crippen molar-refractivity contribution in [3.63, 3.8) is 0 Å². The van der Waals surface area contributed by atoms with Gasteiger partial charge in [0.1, 0.15) is 0 Å². The lowest BCUT2D eigenvalue weighted by molar-refractivity contribution is -0.137. The van der Waals surface area contributed by atoms with Crippen LogP contribution in [0, 0.1) is 0 Å². The van der Waals surface area contributed by atoms with Gasteiger partial charge in [-0.15, -0.1) is 0 Å². The van der Waals surface area contributed by atoms with Crippen molar-refractivity contribution in [1.82, 2.24) is 10.3 Å². The Morgan fingerprint density at radius 2 is 2.13 bits per heavy atom. The van der Waals surface area contributed by atoms with E-state index < -0.39 is 11.7 Å². The fraction of sp³-hybridized carbons (Fsp3) is 0.300. The van der Waals surface area contributed by atoms with E-state index in [2.05, 4.69) is 10.3 Å². The molecule has 0 fully saturated rings. The molecule has 0 saturated carbocycles. The van der Waals surface area contributed by atoms with Crippen LogP contribution in [0.4, 0.5) is 13.2 Å². The molecule has 1 rings (SSSR count). The number of pyridine rings is 1. The summed E-state index contributed by atoms with van der Waals surface area (Å²) in [7, 11) is 1.76. The molecule has 0 amide bonds. The summed E-state index contributed by atoms with van der Waals surface area (Å²) < 4.78 is 36.8. The highest BCUT2D eigenvalue weighted by molar-refractivity contribution is 5.49. The lowest BCUT2D eigenvalue weighted by atomic mass is 10.2. The maximum atomic E-state index is 12.3. The van der Waals surface area contributed by atoms with Gasteiger partial charge in [0, 0.05) is 18.9 Å². The first-order valence-electron chi connectivity index (χ1n) is 4.37. The molecule has 82 valence electrons. The highest BCUT2D eigenvalue weighted by atomic mass is 19.4. The van der Waals surface area contributed by atoms with Crippen LogP contribution in [0.25, 0.3) is 6.08 Å². The van der Waals surface area contributed by atoms with Crippen LogP contribution in [-0.4, -0.2) is 18.6 Å². The van der Waals surface area contributed by atoms with Crippen LogP contribution in [-0.2, 0) is 6.18 Å². The van der Waals surface area contributed by atoms with Gasteiger partial charge < -0.3 is 5.32 Å². The Bertz CT molecular complexity index is 345. The summed E-state index contributed by atoms with van der Waals surface area (Å²) in [5.74, 6) is 0. The van der Waals surface area contributed by atoms with E-state index in [1.807, 2.05) is 0 Å². The number of likely N-dealkylation sites (N-methyl/N-ethyl adjacent to an activating group) is 1. The molecule has 0 spiro atoms. The first kappa shape index (κ1) is 11.7. The zero-order chi connectivity index (χ0) is 11.3. The molecule has 5 heteroatoms. The van der Waals surface area contributed by atoms with Gasteiger partial charge in [-0.3, -0.25) is 4.98 Å². The predicted molar refractivity (Wildman–Crippen MR) is 52.2 cm³/mol. The lowest BCUT2D eigenvalue weighted by Crippen LogP contribution is -2.06.